The molecule has 0 radical (unpaired) electrons. The van der Waals surface area contributed by atoms with Crippen LogP contribution >= 0.6 is 0 Å². The van der Waals surface area contributed by atoms with Gasteiger partial charge in [-0.05, 0) is 84.6 Å². The summed E-state index contributed by atoms with van der Waals surface area (Å²) in [6.07, 6.45) is 2.17. The first-order valence-electron chi connectivity index (χ1n) is 10.7. The maximum absolute atomic E-state index is 14.2. The molecule has 166 valence electrons. The maximum Gasteiger partial charge on any atom is 0.303 e. The zero-order valence-corrected chi connectivity index (χ0v) is 18.4. The molecule has 0 atom stereocenters. The second kappa shape index (κ2) is 9.73. The molecule has 0 saturated heterocycles. The SMILES string of the molecule is Cc1ccc(C2=C(CCc3ccc(CCC(=O)O)c(C(C)(F)F)c3)COCC2)cc1C. The number of hydrogen-bond acceptors (Lipinski definition) is 2. The zero-order valence-electron chi connectivity index (χ0n) is 18.4. The molecule has 3 rings (SSSR count). The highest BCUT2D eigenvalue weighted by Crippen LogP contribution is 2.33. The van der Waals surface area contributed by atoms with Crippen LogP contribution in [0.3, 0.4) is 0 Å². The molecule has 0 fully saturated rings. The normalized spacial score (nSPS) is 14.7. The first-order valence-corrected chi connectivity index (χ1v) is 10.7. The van der Waals surface area contributed by atoms with E-state index in [1.165, 1.54) is 33.9 Å². The molecule has 0 saturated carbocycles. The fourth-order valence-corrected chi connectivity index (χ4v) is 4.08. The molecule has 0 unspecified atom stereocenters. The van der Waals surface area contributed by atoms with Crippen LogP contribution in [0, 0.1) is 13.8 Å². The van der Waals surface area contributed by atoms with Crippen molar-refractivity contribution in [3.8, 4) is 0 Å². The minimum absolute atomic E-state index is 0.0745. The lowest BCUT2D eigenvalue weighted by atomic mass is 9.89. The first kappa shape index (κ1) is 23.1. The fourth-order valence-electron chi connectivity index (χ4n) is 4.08. The Bertz CT molecular complexity index is 987. The molecule has 1 heterocycles. The number of ether oxygens (including phenoxy) is 1. The molecular formula is C26H30F2O3. The highest BCUT2D eigenvalue weighted by atomic mass is 19.3. The molecule has 2 aromatic carbocycles. The number of aliphatic carboxylic acids is 1. The smallest absolute Gasteiger partial charge is 0.303 e. The summed E-state index contributed by atoms with van der Waals surface area (Å²) >= 11 is 0. The maximum atomic E-state index is 14.2. The Morgan fingerprint density at radius 2 is 1.84 bits per heavy atom. The van der Waals surface area contributed by atoms with Gasteiger partial charge in [-0.15, -0.1) is 0 Å². The predicted octanol–water partition coefficient (Wildman–Crippen LogP) is 6.24. The molecule has 1 aliphatic rings. The molecule has 0 aliphatic carbocycles. The van der Waals surface area contributed by atoms with Gasteiger partial charge in [0.25, 0.3) is 5.92 Å². The van der Waals surface area contributed by atoms with Crippen LogP contribution in [0.1, 0.15) is 59.6 Å². The Kier molecular flexibility index (Phi) is 7.26. The molecule has 2 aromatic rings. The van der Waals surface area contributed by atoms with Crippen molar-refractivity contribution in [2.24, 2.45) is 0 Å². The third-order valence-corrected chi connectivity index (χ3v) is 6.03. The second-order valence-electron chi connectivity index (χ2n) is 8.46. The van der Waals surface area contributed by atoms with Crippen molar-refractivity contribution >= 4 is 11.5 Å². The number of benzene rings is 2. The van der Waals surface area contributed by atoms with E-state index in [0.29, 0.717) is 25.2 Å². The lowest BCUT2D eigenvalue weighted by Gasteiger charge is -2.22. The van der Waals surface area contributed by atoms with E-state index in [4.69, 9.17) is 9.84 Å². The van der Waals surface area contributed by atoms with Gasteiger partial charge in [-0.2, -0.15) is 0 Å². The van der Waals surface area contributed by atoms with Crippen molar-refractivity contribution < 1.29 is 23.4 Å². The average Bonchev–Trinajstić information content (AvgIpc) is 2.72. The fraction of sp³-hybridized carbons (Fsp3) is 0.423. The van der Waals surface area contributed by atoms with E-state index >= 15 is 0 Å². The molecule has 5 heteroatoms. The van der Waals surface area contributed by atoms with Crippen molar-refractivity contribution in [3.05, 3.63) is 75.4 Å². The Hall–Kier alpha value is -2.53. The van der Waals surface area contributed by atoms with Crippen molar-refractivity contribution in [1.82, 2.24) is 0 Å². The van der Waals surface area contributed by atoms with Crippen LogP contribution in [-0.4, -0.2) is 24.3 Å². The van der Waals surface area contributed by atoms with Crippen LogP contribution < -0.4 is 0 Å². The number of hydrogen-bond donors (Lipinski definition) is 1. The van der Waals surface area contributed by atoms with Gasteiger partial charge >= 0.3 is 5.97 Å². The van der Waals surface area contributed by atoms with Gasteiger partial charge in [0, 0.05) is 18.9 Å². The van der Waals surface area contributed by atoms with Crippen LogP contribution in [0.25, 0.3) is 5.57 Å². The van der Waals surface area contributed by atoms with Gasteiger partial charge in [0.05, 0.1) is 13.2 Å². The van der Waals surface area contributed by atoms with Gasteiger partial charge in [0.15, 0.2) is 0 Å². The number of alkyl halides is 2. The number of carbonyl (C=O) groups is 1. The third kappa shape index (κ3) is 6.01. The second-order valence-corrected chi connectivity index (χ2v) is 8.46. The molecule has 0 amide bonds. The van der Waals surface area contributed by atoms with Crippen molar-refractivity contribution in [2.45, 2.75) is 58.8 Å². The van der Waals surface area contributed by atoms with Gasteiger partial charge in [0.2, 0.25) is 0 Å². The van der Waals surface area contributed by atoms with Gasteiger partial charge in [-0.25, -0.2) is 8.78 Å². The summed E-state index contributed by atoms with van der Waals surface area (Å²) in [5, 5.41) is 8.90. The molecule has 1 N–H and O–H groups in total. The van der Waals surface area contributed by atoms with E-state index in [0.717, 1.165) is 25.3 Å². The van der Waals surface area contributed by atoms with Crippen LogP contribution in [0.4, 0.5) is 8.78 Å². The third-order valence-electron chi connectivity index (χ3n) is 6.03. The van der Waals surface area contributed by atoms with E-state index < -0.39 is 11.9 Å². The Balaban J connectivity index is 1.83. The molecule has 3 nitrogen and oxygen atoms in total. The number of rotatable bonds is 8. The lowest BCUT2D eigenvalue weighted by Crippen LogP contribution is -2.14. The largest absolute Gasteiger partial charge is 0.481 e. The van der Waals surface area contributed by atoms with Crippen molar-refractivity contribution in [2.75, 3.05) is 13.2 Å². The van der Waals surface area contributed by atoms with E-state index in [-0.39, 0.29) is 18.4 Å². The van der Waals surface area contributed by atoms with Gasteiger partial charge < -0.3 is 9.84 Å². The van der Waals surface area contributed by atoms with Gasteiger partial charge in [-0.1, -0.05) is 30.3 Å². The summed E-state index contributed by atoms with van der Waals surface area (Å²) in [7, 11) is 0. The topological polar surface area (TPSA) is 46.5 Å². The molecular weight excluding hydrogens is 398 g/mol. The quantitative estimate of drug-likeness (QED) is 0.541. The summed E-state index contributed by atoms with van der Waals surface area (Å²) < 4.78 is 34.1. The molecule has 1 aliphatic heterocycles. The Labute approximate surface area is 182 Å². The van der Waals surface area contributed by atoms with Crippen LogP contribution in [-0.2, 0) is 28.3 Å². The number of aryl methyl sites for hydroxylation is 4. The first-order chi connectivity index (χ1) is 14.6. The average molecular weight is 429 g/mol. The molecule has 0 spiro atoms. The summed E-state index contributed by atoms with van der Waals surface area (Å²) in [6.45, 7) is 6.33. The summed E-state index contributed by atoms with van der Waals surface area (Å²) in [6, 6.07) is 11.5. The van der Waals surface area contributed by atoms with E-state index in [1.54, 1.807) is 6.07 Å². The predicted molar refractivity (Wildman–Crippen MR) is 119 cm³/mol. The zero-order chi connectivity index (χ0) is 22.6. The molecule has 0 bridgehead atoms. The standard InChI is InChI=1S/C26H30F2O3/c1-17-4-7-21(14-18(17)2)23-12-13-31-16-22(23)9-6-19-5-8-20(10-11-25(29)30)24(15-19)26(3,27)28/h4-5,7-8,14-15H,6,9-13,16H2,1-3H3,(H,29,30). The van der Waals surface area contributed by atoms with Crippen molar-refractivity contribution in [1.29, 1.82) is 0 Å². The van der Waals surface area contributed by atoms with Crippen LogP contribution in [0.2, 0.25) is 0 Å². The van der Waals surface area contributed by atoms with Crippen LogP contribution in [0.15, 0.2) is 42.0 Å². The lowest BCUT2D eigenvalue weighted by molar-refractivity contribution is -0.137. The van der Waals surface area contributed by atoms with E-state index in [2.05, 4.69) is 32.0 Å². The van der Waals surface area contributed by atoms with Gasteiger partial charge in [0.1, 0.15) is 0 Å². The number of carboxylic acids is 1. The summed E-state index contributed by atoms with van der Waals surface area (Å²) in [5.74, 6) is -4.00. The highest BCUT2D eigenvalue weighted by molar-refractivity contribution is 5.70. The van der Waals surface area contributed by atoms with Crippen LogP contribution in [0.5, 0.6) is 0 Å². The molecule has 31 heavy (non-hydrogen) atoms. The summed E-state index contributed by atoms with van der Waals surface area (Å²) in [5.41, 5.74) is 7.39. The van der Waals surface area contributed by atoms with Gasteiger partial charge in [-0.3, -0.25) is 4.79 Å². The van der Waals surface area contributed by atoms with Crippen molar-refractivity contribution in [3.63, 3.8) is 0 Å². The highest BCUT2D eigenvalue weighted by Gasteiger charge is 2.28. The minimum Gasteiger partial charge on any atom is -0.481 e. The Morgan fingerprint density at radius 3 is 2.52 bits per heavy atom. The monoisotopic (exact) mass is 428 g/mol. The molecule has 0 aromatic heterocycles. The summed E-state index contributed by atoms with van der Waals surface area (Å²) in [4.78, 5) is 10.9. The Morgan fingerprint density at radius 1 is 1.06 bits per heavy atom. The minimum atomic E-state index is -3.01. The number of halogens is 2. The van der Waals surface area contributed by atoms with E-state index in [9.17, 15) is 13.6 Å². The number of carboxylic acid groups (broad SMARTS) is 1. The van der Waals surface area contributed by atoms with E-state index in [1.807, 2.05) is 6.07 Å².